The van der Waals surface area contributed by atoms with Crippen LogP contribution in [0.15, 0.2) is 54.1 Å². The fourth-order valence-electron chi connectivity index (χ4n) is 4.25. The third-order valence-electron chi connectivity index (χ3n) is 5.98. The monoisotopic (exact) mass is 451 g/mol. The molecule has 33 heavy (non-hydrogen) atoms. The van der Waals surface area contributed by atoms with E-state index >= 15 is 0 Å². The van der Waals surface area contributed by atoms with Crippen molar-refractivity contribution in [2.75, 3.05) is 27.4 Å². The molecule has 2 aromatic carbocycles. The molecule has 0 saturated carbocycles. The van der Waals surface area contributed by atoms with E-state index in [-0.39, 0.29) is 24.0 Å². The molecule has 2 saturated heterocycles. The van der Waals surface area contributed by atoms with Crippen molar-refractivity contribution in [3.63, 3.8) is 0 Å². The number of hydrogen-bond acceptors (Lipinski definition) is 7. The summed E-state index contributed by atoms with van der Waals surface area (Å²) in [7, 11) is 2.82. The predicted molar refractivity (Wildman–Crippen MR) is 119 cm³/mol. The van der Waals surface area contributed by atoms with Crippen molar-refractivity contribution in [1.29, 1.82) is 0 Å². The van der Waals surface area contributed by atoms with Crippen molar-refractivity contribution in [3.05, 3.63) is 70.8 Å². The number of aliphatic hydroxyl groups excluding tert-OH is 1. The van der Waals surface area contributed by atoms with Gasteiger partial charge in [-0.3, -0.25) is 9.59 Å². The average Bonchev–Trinajstić information content (AvgIpc) is 3.45. The first-order chi connectivity index (χ1) is 15.9. The van der Waals surface area contributed by atoms with Crippen molar-refractivity contribution in [2.24, 2.45) is 0 Å². The number of ketones is 1. The molecule has 4 rings (SSSR count). The molecule has 2 aromatic rings. The van der Waals surface area contributed by atoms with Crippen LogP contribution in [0.5, 0.6) is 5.75 Å². The Balaban J connectivity index is 1.79. The molecule has 0 unspecified atom stereocenters. The van der Waals surface area contributed by atoms with Gasteiger partial charge in [0.15, 0.2) is 0 Å². The number of carbonyl (C=O) groups excluding carboxylic acids is 3. The number of carbonyl (C=O) groups is 3. The van der Waals surface area contributed by atoms with E-state index in [2.05, 4.69) is 0 Å². The maximum absolute atomic E-state index is 13.1. The fourth-order valence-corrected chi connectivity index (χ4v) is 4.25. The Hall–Kier alpha value is -3.65. The normalized spacial score (nSPS) is 21.9. The lowest BCUT2D eigenvalue weighted by Gasteiger charge is -2.27. The van der Waals surface area contributed by atoms with E-state index in [0.717, 1.165) is 12.8 Å². The molecule has 8 nitrogen and oxygen atoms in total. The van der Waals surface area contributed by atoms with Crippen LogP contribution < -0.4 is 4.74 Å². The van der Waals surface area contributed by atoms with Crippen molar-refractivity contribution >= 4 is 23.4 Å². The predicted octanol–water partition coefficient (Wildman–Crippen LogP) is 3.08. The van der Waals surface area contributed by atoms with Gasteiger partial charge in [0, 0.05) is 18.7 Å². The average molecular weight is 451 g/mol. The number of aliphatic hydroxyl groups is 1. The lowest BCUT2D eigenvalue weighted by Crippen LogP contribution is -2.36. The van der Waals surface area contributed by atoms with Crippen LogP contribution in [-0.4, -0.2) is 61.1 Å². The lowest BCUT2D eigenvalue weighted by atomic mass is 9.94. The lowest BCUT2D eigenvalue weighted by molar-refractivity contribution is -0.140. The topological polar surface area (TPSA) is 102 Å². The molecule has 2 fully saturated rings. The number of ether oxygens (including phenoxy) is 3. The van der Waals surface area contributed by atoms with Crippen LogP contribution >= 0.6 is 0 Å². The summed E-state index contributed by atoms with van der Waals surface area (Å²) in [5.41, 5.74) is 1.32. The summed E-state index contributed by atoms with van der Waals surface area (Å²) in [6, 6.07) is 12.2. The van der Waals surface area contributed by atoms with Crippen LogP contribution in [0.3, 0.4) is 0 Å². The van der Waals surface area contributed by atoms with Gasteiger partial charge in [0.25, 0.3) is 11.7 Å². The van der Waals surface area contributed by atoms with Crippen LogP contribution in [0.4, 0.5) is 0 Å². The molecule has 0 spiro atoms. The minimum Gasteiger partial charge on any atom is -0.507 e. The molecule has 0 aliphatic carbocycles. The number of nitrogens with zero attached hydrogens (tertiary/aromatic N) is 1. The third kappa shape index (κ3) is 4.34. The molecular weight excluding hydrogens is 426 g/mol. The number of amides is 1. The van der Waals surface area contributed by atoms with E-state index in [0.29, 0.717) is 29.0 Å². The molecule has 2 heterocycles. The highest BCUT2D eigenvalue weighted by Gasteiger charge is 2.47. The molecule has 2 aliphatic heterocycles. The van der Waals surface area contributed by atoms with Crippen molar-refractivity contribution in [1.82, 2.24) is 4.90 Å². The Kier molecular flexibility index (Phi) is 6.46. The summed E-state index contributed by atoms with van der Waals surface area (Å²) < 4.78 is 15.6. The summed E-state index contributed by atoms with van der Waals surface area (Å²) in [6.45, 7) is 0.840. The van der Waals surface area contributed by atoms with Gasteiger partial charge in [-0.2, -0.15) is 0 Å². The number of esters is 1. The van der Waals surface area contributed by atoms with Gasteiger partial charge in [-0.15, -0.1) is 0 Å². The van der Waals surface area contributed by atoms with Crippen LogP contribution in [-0.2, 0) is 19.1 Å². The Morgan fingerprint density at radius 2 is 1.73 bits per heavy atom. The third-order valence-corrected chi connectivity index (χ3v) is 5.98. The zero-order valence-electron chi connectivity index (χ0n) is 18.4. The molecular formula is C25H25NO7. The zero-order valence-corrected chi connectivity index (χ0v) is 18.4. The Morgan fingerprint density at radius 3 is 2.30 bits per heavy atom. The second-order valence-electron chi connectivity index (χ2n) is 7.93. The number of methoxy groups -OCH3 is 2. The molecule has 0 radical (unpaired) electrons. The smallest absolute Gasteiger partial charge is 0.337 e. The largest absolute Gasteiger partial charge is 0.507 e. The summed E-state index contributed by atoms with van der Waals surface area (Å²) in [5, 5.41) is 11.1. The summed E-state index contributed by atoms with van der Waals surface area (Å²) >= 11 is 0. The van der Waals surface area contributed by atoms with Crippen molar-refractivity contribution < 1.29 is 33.7 Å². The number of hydrogen-bond donors (Lipinski definition) is 1. The van der Waals surface area contributed by atoms with E-state index in [9.17, 15) is 19.5 Å². The highest BCUT2D eigenvalue weighted by Crippen LogP contribution is 2.40. The Bertz CT molecular complexity index is 1080. The Morgan fingerprint density at radius 1 is 1.06 bits per heavy atom. The molecule has 0 aromatic heterocycles. The molecule has 1 amide bonds. The molecule has 0 bridgehead atoms. The SMILES string of the molecule is COC(=O)c1ccc([C@H]2/C(=C(\O)c3ccc(OC)cc3)C(=O)C(=O)N2C[C@@H]2CCCO2)cc1. The Labute approximate surface area is 191 Å². The first-order valence-electron chi connectivity index (χ1n) is 10.7. The summed E-state index contributed by atoms with van der Waals surface area (Å²) in [4.78, 5) is 39.4. The van der Waals surface area contributed by atoms with Gasteiger partial charge in [0.2, 0.25) is 0 Å². The maximum atomic E-state index is 13.1. The molecule has 2 aliphatic rings. The molecule has 1 N–H and O–H groups in total. The fraction of sp³-hybridized carbons (Fsp3) is 0.320. The van der Waals surface area contributed by atoms with Crippen LogP contribution in [0, 0.1) is 0 Å². The van der Waals surface area contributed by atoms with Crippen molar-refractivity contribution in [2.45, 2.75) is 25.0 Å². The van der Waals surface area contributed by atoms with E-state index in [1.807, 2.05) is 0 Å². The second-order valence-corrected chi connectivity index (χ2v) is 7.93. The van der Waals surface area contributed by atoms with E-state index in [1.54, 1.807) is 48.5 Å². The first-order valence-corrected chi connectivity index (χ1v) is 10.7. The van der Waals surface area contributed by atoms with E-state index < -0.39 is 23.7 Å². The van der Waals surface area contributed by atoms with E-state index in [4.69, 9.17) is 14.2 Å². The zero-order chi connectivity index (χ0) is 23.5. The minimum atomic E-state index is -0.817. The number of benzene rings is 2. The molecule has 8 heteroatoms. The minimum absolute atomic E-state index is 0.00557. The van der Waals surface area contributed by atoms with Gasteiger partial charge >= 0.3 is 5.97 Å². The standard InChI is InChI=1S/C25H25NO7/c1-31-18-11-9-16(10-12-18)22(27)20-21(15-5-7-17(8-6-15)25(30)32-2)26(24(29)23(20)28)14-19-4-3-13-33-19/h5-12,19,21,27H,3-4,13-14H2,1-2H3/b22-20+/t19-,21-/m0/s1. The van der Waals surface area contributed by atoms with Gasteiger partial charge in [-0.25, -0.2) is 4.79 Å². The number of rotatable bonds is 6. The van der Waals surface area contributed by atoms with Crippen LogP contribution in [0.1, 0.15) is 40.4 Å². The highest BCUT2D eigenvalue weighted by molar-refractivity contribution is 6.46. The number of likely N-dealkylation sites (tertiary alicyclic amines) is 1. The quantitative estimate of drug-likeness (QED) is 0.312. The summed E-state index contributed by atoms with van der Waals surface area (Å²) in [5.74, 6) is -1.62. The van der Waals surface area contributed by atoms with Gasteiger partial charge < -0.3 is 24.2 Å². The van der Waals surface area contributed by atoms with Gasteiger partial charge in [0.05, 0.1) is 37.5 Å². The molecule has 172 valence electrons. The molecule has 2 atom stereocenters. The van der Waals surface area contributed by atoms with Crippen molar-refractivity contribution in [3.8, 4) is 5.75 Å². The summed E-state index contributed by atoms with van der Waals surface area (Å²) in [6.07, 6.45) is 1.50. The second kappa shape index (κ2) is 9.46. The maximum Gasteiger partial charge on any atom is 0.337 e. The first kappa shape index (κ1) is 22.5. The number of Topliss-reactive ketones (excluding diaryl/α,β-unsaturated/α-hetero) is 1. The van der Waals surface area contributed by atoms with Gasteiger partial charge in [-0.05, 0) is 54.8 Å². The highest BCUT2D eigenvalue weighted by atomic mass is 16.5. The van der Waals surface area contributed by atoms with E-state index in [1.165, 1.54) is 19.1 Å². The van der Waals surface area contributed by atoms with Crippen LogP contribution in [0.25, 0.3) is 5.76 Å². The van der Waals surface area contributed by atoms with Gasteiger partial charge in [0.1, 0.15) is 11.5 Å². The van der Waals surface area contributed by atoms with Crippen LogP contribution in [0.2, 0.25) is 0 Å². The van der Waals surface area contributed by atoms with Gasteiger partial charge in [-0.1, -0.05) is 12.1 Å².